The fourth-order valence-electron chi connectivity index (χ4n) is 4.77. The Bertz CT molecular complexity index is 2210. The number of methoxy groups -OCH3 is 2. The van der Waals surface area contributed by atoms with Crippen LogP contribution in [0.15, 0.2) is 69.3 Å². The molecule has 0 atom stereocenters. The third-order valence-electron chi connectivity index (χ3n) is 7.13. The Balaban J connectivity index is 1.61. The van der Waals surface area contributed by atoms with Crippen molar-refractivity contribution < 1.29 is 59.2 Å². The van der Waals surface area contributed by atoms with Gasteiger partial charge >= 0.3 is 0 Å². The third-order valence-corrected chi connectivity index (χ3v) is 10.8. The Morgan fingerprint density at radius 3 is 1.74 bits per heavy atom. The number of hydrogen-bond acceptors (Lipinski definition) is 16. The van der Waals surface area contributed by atoms with Crippen molar-refractivity contribution in [3.8, 4) is 17.2 Å². The molecular formula is C28H34N6O13S3. The van der Waals surface area contributed by atoms with Crippen LogP contribution in [0.2, 0.25) is 0 Å². The Morgan fingerprint density at radius 1 is 0.720 bits per heavy atom. The number of aromatic hydroxyl groups is 1. The lowest BCUT2D eigenvalue weighted by molar-refractivity contribution is 0.217. The van der Waals surface area contributed by atoms with Crippen LogP contribution in [0.5, 0.6) is 17.2 Å². The van der Waals surface area contributed by atoms with E-state index in [1.165, 1.54) is 50.6 Å². The van der Waals surface area contributed by atoms with E-state index in [0.29, 0.717) is 11.4 Å². The number of phenolic OH excluding ortho intramolecular Hbond substituents is 1. The summed E-state index contributed by atoms with van der Waals surface area (Å²) in [7, 11) is -11.1. The lowest BCUT2D eigenvalue weighted by Crippen LogP contribution is -2.35. The SMILES string of the molecule is COc1cc(NNc2c(S(=O)(=O)O)cc3cc(S(=O)(=O)O)cc(N)c3c2O)c(OC)cc1NNc1ccc(S(=O)(=O)N(CCO)CCO)cc1. The molecule has 22 heteroatoms. The van der Waals surface area contributed by atoms with Gasteiger partial charge in [0.15, 0.2) is 5.75 Å². The Labute approximate surface area is 286 Å². The van der Waals surface area contributed by atoms with Crippen molar-refractivity contribution in [3.63, 3.8) is 0 Å². The van der Waals surface area contributed by atoms with Gasteiger partial charge in [0.2, 0.25) is 10.0 Å². The molecule has 4 rings (SSSR count). The number of benzene rings is 4. The highest BCUT2D eigenvalue weighted by Crippen LogP contribution is 2.43. The number of nitrogens with one attached hydrogen (secondary N) is 4. The van der Waals surface area contributed by atoms with Gasteiger partial charge in [0.1, 0.15) is 22.1 Å². The average molecular weight is 759 g/mol. The molecule has 0 radical (unpaired) electrons. The van der Waals surface area contributed by atoms with Gasteiger partial charge in [0.05, 0.1) is 54.3 Å². The number of hydrogen-bond donors (Lipinski definition) is 10. The summed E-state index contributed by atoms with van der Waals surface area (Å²) in [6.07, 6.45) is 0. The molecule has 0 aliphatic heterocycles. The quantitative estimate of drug-likeness (QED) is 0.0335. The topological polar surface area (TPSA) is 299 Å². The van der Waals surface area contributed by atoms with E-state index in [9.17, 15) is 49.7 Å². The smallest absolute Gasteiger partial charge is 0.296 e. The molecule has 0 heterocycles. The van der Waals surface area contributed by atoms with E-state index in [1.54, 1.807) is 0 Å². The van der Waals surface area contributed by atoms with Crippen LogP contribution in [0.25, 0.3) is 10.8 Å². The zero-order valence-electron chi connectivity index (χ0n) is 26.3. The standard InChI is InChI=1S/C28H34N6O13S3/c1-46-23-15-22(32-33-27-25(50(43,44)45)12-16-11-19(49(40,41)42)13-20(29)26(16)28(27)37)24(47-2)14-21(23)31-30-17-3-5-18(6-4-17)48(38,39)34(7-9-35)8-10-36/h3-6,11-15,30-33,35-37H,7-10,29H2,1-2H3,(H,40,41,42)(H,43,44,45). The molecule has 4 aromatic rings. The van der Waals surface area contributed by atoms with Crippen LogP contribution in [0, 0.1) is 0 Å². The zero-order chi connectivity index (χ0) is 37.0. The molecule has 272 valence electrons. The second-order valence-corrected chi connectivity index (χ2v) is 15.0. The highest BCUT2D eigenvalue weighted by atomic mass is 32.2. The van der Waals surface area contributed by atoms with E-state index in [0.717, 1.165) is 22.5 Å². The number of nitrogen functional groups attached to an aromatic ring is 1. The van der Waals surface area contributed by atoms with E-state index < -0.39 is 64.7 Å². The van der Waals surface area contributed by atoms with Gasteiger partial charge in [-0.15, -0.1) is 0 Å². The fourth-order valence-corrected chi connectivity index (χ4v) is 7.43. The predicted octanol–water partition coefficient (Wildman–Crippen LogP) is 1.49. The molecule has 11 N–H and O–H groups in total. The summed E-state index contributed by atoms with van der Waals surface area (Å²) in [4.78, 5) is -1.61. The van der Waals surface area contributed by atoms with Crippen LogP contribution in [0.1, 0.15) is 0 Å². The van der Waals surface area contributed by atoms with Crippen molar-refractivity contribution in [1.82, 2.24) is 4.31 Å². The van der Waals surface area contributed by atoms with Crippen molar-refractivity contribution in [2.75, 3.05) is 68.0 Å². The number of ether oxygens (including phenoxy) is 2. The van der Waals surface area contributed by atoms with Crippen LogP contribution >= 0.6 is 0 Å². The molecule has 0 saturated heterocycles. The maximum Gasteiger partial charge on any atom is 0.296 e. The second-order valence-electron chi connectivity index (χ2n) is 10.3. The van der Waals surface area contributed by atoms with Crippen molar-refractivity contribution >= 4 is 69.5 Å². The van der Waals surface area contributed by atoms with Crippen molar-refractivity contribution in [2.24, 2.45) is 0 Å². The minimum Gasteiger partial charge on any atom is -0.505 e. The van der Waals surface area contributed by atoms with E-state index in [2.05, 4.69) is 21.7 Å². The number of anilines is 5. The normalized spacial score (nSPS) is 12.1. The summed E-state index contributed by atoms with van der Waals surface area (Å²) in [5.74, 6) is -0.447. The molecule has 0 fully saturated rings. The van der Waals surface area contributed by atoms with Gasteiger partial charge in [-0.3, -0.25) is 25.4 Å². The molecular weight excluding hydrogens is 725 g/mol. The van der Waals surface area contributed by atoms with Crippen LogP contribution in [0.3, 0.4) is 0 Å². The van der Waals surface area contributed by atoms with Gasteiger partial charge in [0, 0.05) is 36.3 Å². The first kappa shape index (κ1) is 38.0. The molecule has 0 bridgehead atoms. The van der Waals surface area contributed by atoms with Gasteiger partial charge < -0.3 is 36.0 Å². The number of hydrazine groups is 2. The van der Waals surface area contributed by atoms with E-state index in [-0.39, 0.29) is 51.6 Å². The third kappa shape index (κ3) is 8.14. The summed E-state index contributed by atoms with van der Waals surface area (Å²) in [6, 6.07) is 11.1. The molecule has 50 heavy (non-hydrogen) atoms. The van der Waals surface area contributed by atoms with Crippen molar-refractivity contribution in [3.05, 3.63) is 54.6 Å². The monoisotopic (exact) mass is 758 g/mol. The minimum absolute atomic E-state index is 0.0627. The van der Waals surface area contributed by atoms with Gasteiger partial charge in [-0.05, 0) is 47.9 Å². The first-order valence-corrected chi connectivity index (χ1v) is 18.4. The highest BCUT2D eigenvalue weighted by Gasteiger charge is 2.26. The molecule has 19 nitrogen and oxygen atoms in total. The molecule has 0 aliphatic rings. The number of nitrogens with zero attached hydrogens (tertiary/aromatic N) is 1. The number of fused-ring (bicyclic) bond motifs is 1. The molecule has 0 aliphatic carbocycles. The summed E-state index contributed by atoms with van der Waals surface area (Å²) >= 11 is 0. The Kier molecular flexibility index (Phi) is 11.4. The molecule has 0 aromatic heterocycles. The minimum atomic E-state index is -5.05. The zero-order valence-corrected chi connectivity index (χ0v) is 28.7. The maximum absolute atomic E-state index is 12.9. The molecule has 4 aromatic carbocycles. The largest absolute Gasteiger partial charge is 0.505 e. The molecule has 0 spiro atoms. The molecule has 0 saturated carbocycles. The summed E-state index contributed by atoms with van der Waals surface area (Å²) in [6.45, 7) is -1.22. The van der Waals surface area contributed by atoms with Crippen LogP contribution in [-0.4, -0.2) is 94.5 Å². The lowest BCUT2D eigenvalue weighted by atomic mass is 10.1. The maximum atomic E-state index is 12.9. The molecule has 0 unspecified atom stereocenters. The fraction of sp³-hybridized carbons (Fsp3) is 0.214. The van der Waals surface area contributed by atoms with Crippen LogP contribution in [0.4, 0.5) is 28.4 Å². The van der Waals surface area contributed by atoms with E-state index in [1.807, 2.05) is 0 Å². The number of aliphatic hydroxyl groups is 2. The summed E-state index contributed by atoms with van der Waals surface area (Å²) in [5, 5.41) is 29.0. The van der Waals surface area contributed by atoms with E-state index >= 15 is 0 Å². The van der Waals surface area contributed by atoms with Crippen molar-refractivity contribution in [1.29, 1.82) is 0 Å². The molecule has 0 amide bonds. The average Bonchev–Trinajstić information content (AvgIpc) is 3.05. The van der Waals surface area contributed by atoms with Crippen LogP contribution in [-0.2, 0) is 30.3 Å². The summed E-state index contributed by atoms with van der Waals surface area (Å²) < 4.78 is 105. The Hall–Kier alpha value is -4.81. The first-order chi connectivity index (χ1) is 23.5. The lowest BCUT2D eigenvalue weighted by Gasteiger charge is -2.21. The number of phenols is 1. The predicted molar refractivity (Wildman–Crippen MR) is 183 cm³/mol. The van der Waals surface area contributed by atoms with Gasteiger partial charge in [-0.1, -0.05) is 0 Å². The van der Waals surface area contributed by atoms with Crippen LogP contribution < -0.4 is 36.9 Å². The number of sulfonamides is 1. The summed E-state index contributed by atoms with van der Waals surface area (Å²) in [5.41, 5.74) is 16.9. The highest BCUT2D eigenvalue weighted by molar-refractivity contribution is 7.89. The number of rotatable bonds is 16. The number of nitrogens with two attached hydrogens (primary N) is 1. The van der Waals surface area contributed by atoms with Gasteiger partial charge in [0.25, 0.3) is 20.2 Å². The second kappa shape index (κ2) is 15.0. The van der Waals surface area contributed by atoms with E-state index in [4.69, 9.17) is 15.2 Å². The van der Waals surface area contributed by atoms with Crippen molar-refractivity contribution in [2.45, 2.75) is 14.7 Å². The first-order valence-electron chi connectivity index (χ1n) is 14.1. The Morgan fingerprint density at radius 2 is 1.26 bits per heavy atom. The number of aliphatic hydroxyl groups excluding tert-OH is 2. The van der Waals surface area contributed by atoms with Gasteiger partial charge in [-0.2, -0.15) is 21.1 Å². The van der Waals surface area contributed by atoms with Gasteiger partial charge in [-0.25, -0.2) is 8.42 Å².